The Balaban J connectivity index is 2.04. The van der Waals surface area contributed by atoms with Gasteiger partial charge in [-0.3, -0.25) is 4.55 Å². The Bertz CT molecular complexity index is 1240. The van der Waals surface area contributed by atoms with E-state index in [0.29, 0.717) is 40.5 Å². The highest BCUT2D eigenvalue weighted by molar-refractivity contribution is 7.85. The zero-order chi connectivity index (χ0) is 26.1. The molecule has 2 unspecified atom stereocenters. The Morgan fingerprint density at radius 3 is 1.67 bits per heavy atom. The van der Waals surface area contributed by atoms with Gasteiger partial charge in [-0.2, -0.15) is 8.42 Å². The molecule has 36 heavy (non-hydrogen) atoms. The number of aliphatic hydroxyl groups is 2. The van der Waals surface area contributed by atoms with Gasteiger partial charge in [-0.15, -0.1) is 0 Å². The molecule has 0 aromatic heterocycles. The van der Waals surface area contributed by atoms with Gasteiger partial charge in [0.05, 0.1) is 17.1 Å². The zero-order valence-electron chi connectivity index (χ0n) is 21.2. The lowest BCUT2D eigenvalue weighted by molar-refractivity contribution is 0.0979. The minimum atomic E-state index is -4.45. The van der Waals surface area contributed by atoms with Crippen LogP contribution in [0.15, 0.2) is 47.4 Å². The SMILES string of the molecule is CCCCCC(O)COc1c2ccccc2c(OCC(O)CCCCC)c2cc(S(=O)(=O)O)ccc12. The molecular formula is C28H38O7S. The maximum atomic E-state index is 11.9. The van der Waals surface area contributed by atoms with Crippen molar-refractivity contribution < 1.29 is 32.7 Å². The van der Waals surface area contributed by atoms with Crippen LogP contribution in [0.5, 0.6) is 11.5 Å². The van der Waals surface area contributed by atoms with E-state index in [1.807, 2.05) is 24.3 Å². The van der Waals surface area contributed by atoms with Gasteiger partial charge in [-0.1, -0.05) is 76.6 Å². The normalized spacial score (nSPS) is 13.7. The van der Waals surface area contributed by atoms with Crippen molar-refractivity contribution in [2.24, 2.45) is 0 Å². The summed E-state index contributed by atoms with van der Waals surface area (Å²) < 4.78 is 45.7. The maximum Gasteiger partial charge on any atom is 0.294 e. The van der Waals surface area contributed by atoms with Crippen LogP contribution < -0.4 is 9.47 Å². The van der Waals surface area contributed by atoms with Gasteiger partial charge < -0.3 is 19.7 Å². The molecule has 0 fully saturated rings. The van der Waals surface area contributed by atoms with Crippen molar-refractivity contribution in [1.29, 1.82) is 0 Å². The molecule has 0 aliphatic heterocycles. The van der Waals surface area contributed by atoms with Crippen molar-refractivity contribution in [2.75, 3.05) is 13.2 Å². The second kappa shape index (κ2) is 13.2. The average molecular weight is 519 g/mol. The Labute approximate surface area is 213 Å². The molecule has 8 heteroatoms. The Kier molecular flexibility index (Phi) is 10.4. The molecule has 7 nitrogen and oxygen atoms in total. The number of benzene rings is 3. The molecule has 0 aliphatic rings. The van der Waals surface area contributed by atoms with E-state index in [0.717, 1.165) is 43.9 Å². The molecule has 0 aliphatic carbocycles. The van der Waals surface area contributed by atoms with Gasteiger partial charge in [-0.05, 0) is 31.0 Å². The molecule has 0 bridgehead atoms. The van der Waals surface area contributed by atoms with Crippen molar-refractivity contribution in [2.45, 2.75) is 82.3 Å². The molecule has 3 N–H and O–H groups in total. The Morgan fingerprint density at radius 2 is 1.19 bits per heavy atom. The van der Waals surface area contributed by atoms with Crippen LogP contribution in [0.3, 0.4) is 0 Å². The Hall–Kier alpha value is -2.39. The van der Waals surface area contributed by atoms with E-state index in [2.05, 4.69) is 13.8 Å². The maximum absolute atomic E-state index is 11.9. The molecule has 3 aromatic carbocycles. The molecular weight excluding hydrogens is 480 g/mol. The smallest absolute Gasteiger partial charge is 0.294 e. The number of hydrogen-bond acceptors (Lipinski definition) is 6. The predicted molar refractivity (Wildman–Crippen MR) is 143 cm³/mol. The van der Waals surface area contributed by atoms with Gasteiger partial charge in [0.25, 0.3) is 10.1 Å². The molecule has 198 valence electrons. The summed E-state index contributed by atoms with van der Waals surface area (Å²) in [4.78, 5) is -0.260. The monoisotopic (exact) mass is 518 g/mol. The van der Waals surface area contributed by atoms with Crippen molar-refractivity contribution in [3.63, 3.8) is 0 Å². The number of fused-ring (bicyclic) bond motifs is 2. The van der Waals surface area contributed by atoms with Gasteiger partial charge in [0.15, 0.2) is 0 Å². The van der Waals surface area contributed by atoms with Gasteiger partial charge in [-0.25, -0.2) is 0 Å². The van der Waals surface area contributed by atoms with Crippen LogP contribution in [0.1, 0.15) is 65.2 Å². The third kappa shape index (κ3) is 7.32. The molecule has 3 rings (SSSR count). The van der Waals surface area contributed by atoms with Crippen molar-refractivity contribution in [1.82, 2.24) is 0 Å². The summed E-state index contributed by atoms with van der Waals surface area (Å²) in [5.41, 5.74) is 0. The van der Waals surface area contributed by atoms with E-state index in [9.17, 15) is 23.2 Å². The number of rotatable bonds is 15. The standard InChI is InChI=1S/C28H38O7S/c1-3-5-7-11-20(29)18-34-27-23-13-9-10-14-24(23)28(35-19-21(30)12-8-6-4-2)26-17-22(36(31,32)33)15-16-25(26)27/h9-10,13-17,20-21,29-30H,3-8,11-12,18-19H2,1-2H3,(H,31,32,33). The van der Waals surface area contributed by atoms with Crippen molar-refractivity contribution in [3.05, 3.63) is 42.5 Å². The highest BCUT2D eigenvalue weighted by Gasteiger charge is 2.21. The van der Waals surface area contributed by atoms with Gasteiger partial charge >= 0.3 is 0 Å². The fourth-order valence-electron chi connectivity index (χ4n) is 4.34. The zero-order valence-corrected chi connectivity index (χ0v) is 22.0. The fourth-order valence-corrected chi connectivity index (χ4v) is 4.84. The third-order valence-corrected chi connectivity index (χ3v) is 7.17. The number of aliphatic hydroxyl groups excluding tert-OH is 2. The first-order chi connectivity index (χ1) is 17.3. The molecule has 0 radical (unpaired) electrons. The predicted octanol–water partition coefficient (Wildman–Crippen LogP) is 5.88. The lowest BCUT2D eigenvalue weighted by Gasteiger charge is -2.20. The summed E-state index contributed by atoms with van der Waals surface area (Å²) in [7, 11) is -4.45. The van der Waals surface area contributed by atoms with E-state index in [1.54, 1.807) is 6.07 Å². The first-order valence-corrected chi connectivity index (χ1v) is 14.3. The van der Waals surface area contributed by atoms with Crippen LogP contribution in [0.25, 0.3) is 21.5 Å². The summed E-state index contributed by atoms with van der Waals surface area (Å²) >= 11 is 0. The van der Waals surface area contributed by atoms with E-state index in [4.69, 9.17) is 9.47 Å². The Morgan fingerprint density at radius 1 is 0.722 bits per heavy atom. The lowest BCUT2D eigenvalue weighted by atomic mass is 10.0. The molecule has 0 spiro atoms. The van der Waals surface area contributed by atoms with Gasteiger partial charge in [0, 0.05) is 21.5 Å². The highest BCUT2D eigenvalue weighted by atomic mass is 32.2. The summed E-state index contributed by atoms with van der Waals surface area (Å²) in [6, 6.07) is 11.7. The quantitative estimate of drug-likeness (QED) is 0.131. The van der Waals surface area contributed by atoms with E-state index < -0.39 is 22.3 Å². The van der Waals surface area contributed by atoms with Crippen LogP contribution >= 0.6 is 0 Å². The molecule has 0 amide bonds. The largest absolute Gasteiger partial charge is 0.490 e. The second-order valence-corrected chi connectivity index (χ2v) is 10.7. The van der Waals surface area contributed by atoms with Crippen LogP contribution in [0.4, 0.5) is 0 Å². The average Bonchev–Trinajstić information content (AvgIpc) is 2.85. The summed E-state index contributed by atoms with van der Waals surface area (Å²) in [5, 5.41) is 23.3. The lowest BCUT2D eigenvalue weighted by Crippen LogP contribution is -2.18. The molecule has 0 saturated carbocycles. The first kappa shape index (κ1) is 28.2. The molecule has 3 aromatic rings. The van der Waals surface area contributed by atoms with Crippen LogP contribution in [0, 0.1) is 0 Å². The number of hydrogen-bond donors (Lipinski definition) is 3. The van der Waals surface area contributed by atoms with Gasteiger partial charge in [0.2, 0.25) is 0 Å². The first-order valence-electron chi connectivity index (χ1n) is 12.8. The summed E-state index contributed by atoms with van der Waals surface area (Å²) in [5.74, 6) is 0.921. The fraction of sp³-hybridized carbons (Fsp3) is 0.500. The van der Waals surface area contributed by atoms with Crippen LogP contribution in [0.2, 0.25) is 0 Å². The number of ether oxygens (including phenoxy) is 2. The topological polar surface area (TPSA) is 113 Å². The van der Waals surface area contributed by atoms with Crippen molar-refractivity contribution in [3.8, 4) is 11.5 Å². The third-order valence-electron chi connectivity index (χ3n) is 6.32. The molecule has 0 saturated heterocycles. The molecule has 2 atom stereocenters. The second-order valence-electron chi connectivity index (χ2n) is 9.31. The van der Waals surface area contributed by atoms with Crippen molar-refractivity contribution >= 4 is 31.7 Å². The minimum absolute atomic E-state index is 0.0509. The van der Waals surface area contributed by atoms with Gasteiger partial charge in [0.1, 0.15) is 24.7 Å². The number of unbranched alkanes of at least 4 members (excludes halogenated alkanes) is 4. The highest BCUT2D eigenvalue weighted by Crippen LogP contribution is 2.43. The summed E-state index contributed by atoms with van der Waals surface area (Å²) in [6.07, 6.45) is 5.93. The van der Waals surface area contributed by atoms with Crippen LogP contribution in [-0.2, 0) is 10.1 Å². The van der Waals surface area contributed by atoms with E-state index in [1.165, 1.54) is 12.1 Å². The van der Waals surface area contributed by atoms with E-state index >= 15 is 0 Å². The van der Waals surface area contributed by atoms with E-state index in [-0.39, 0.29) is 18.1 Å². The van der Waals surface area contributed by atoms with Crippen LogP contribution in [-0.4, -0.2) is 48.6 Å². The summed E-state index contributed by atoms with van der Waals surface area (Å²) in [6.45, 7) is 4.35. The molecule has 0 heterocycles. The minimum Gasteiger partial charge on any atom is -0.490 e.